The van der Waals surface area contributed by atoms with Gasteiger partial charge in [-0.2, -0.15) is 5.10 Å². The van der Waals surface area contributed by atoms with Gasteiger partial charge in [0.25, 0.3) is 0 Å². The summed E-state index contributed by atoms with van der Waals surface area (Å²) in [4.78, 5) is 13.3. The molecule has 0 radical (unpaired) electrons. The number of hydrogen-bond donors (Lipinski definition) is 1. The second-order valence-corrected chi connectivity index (χ2v) is 3.82. The van der Waals surface area contributed by atoms with Crippen molar-refractivity contribution in [3.05, 3.63) is 18.5 Å². The second kappa shape index (κ2) is 4.44. The molecular weight excluding hydrogens is 192 g/mol. The molecule has 0 aliphatic carbocycles. The zero-order valence-electron chi connectivity index (χ0n) is 8.89. The van der Waals surface area contributed by atoms with Crippen LogP contribution in [0.4, 0.5) is 0 Å². The molecule has 1 unspecified atom stereocenters. The standard InChI is InChI=1S/C10H16N4O/c1-13-7-3-9(10(13)15)11-5-8-14-6-2-4-12-14/h2,4,6,9,11H,3,5,7-8H2,1H3. The fourth-order valence-electron chi connectivity index (χ4n) is 1.80. The van der Waals surface area contributed by atoms with Crippen LogP contribution < -0.4 is 5.32 Å². The maximum absolute atomic E-state index is 11.5. The van der Waals surface area contributed by atoms with E-state index in [0.717, 1.165) is 26.1 Å². The van der Waals surface area contributed by atoms with Gasteiger partial charge in [0, 0.05) is 32.5 Å². The van der Waals surface area contributed by atoms with Crippen LogP contribution in [0.5, 0.6) is 0 Å². The highest BCUT2D eigenvalue weighted by molar-refractivity contribution is 5.83. The largest absolute Gasteiger partial charge is 0.344 e. The molecule has 1 atom stereocenters. The van der Waals surface area contributed by atoms with Crippen molar-refractivity contribution in [2.24, 2.45) is 0 Å². The molecule has 0 aromatic carbocycles. The number of amides is 1. The van der Waals surface area contributed by atoms with E-state index in [4.69, 9.17) is 0 Å². The van der Waals surface area contributed by atoms with E-state index >= 15 is 0 Å². The van der Waals surface area contributed by atoms with E-state index in [0.29, 0.717) is 0 Å². The van der Waals surface area contributed by atoms with Crippen LogP contribution in [0.25, 0.3) is 0 Å². The minimum absolute atomic E-state index is 0.00515. The Hall–Kier alpha value is -1.36. The van der Waals surface area contributed by atoms with Gasteiger partial charge in [-0.05, 0) is 12.5 Å². The van der Waals surface area contributed by atoms with E-state index in [9.17, 15) is 4.79 Å². The highest BCUT2D eigenvalue weighted by Crippen LogP contribution is 2.07. The number of carbonyl (C=O) groups is 1. The molecule has 1 fully saturated rings. The summed E-state index contributed by atoms with van der Waals surface area (Å²) in [5.41, 5.74) is 0. The third kappa shape index (κ3) is 2.36. The Labute approximate surface area is 89.1 Å². The van der Waals surface area contributed by atoms with E-state index in [2.05, 4.69) is 10.4 Å². The van der Waals surface area contributed by atoms with E-state index in [1.165, 1.54) is 0 Å². The number of likely N-dealkylation sites (tertiary alicyclic amines) is 1. The highest BCUT2D eigenvalue weighted by atomic mass is 16.2. The first-order chi connectivity index (χ1) is 7.27. The average Bonchev–Trinajstić information content (AvgIpc) is 2.83. The Morgan fingerprint density at radius 3 is 3.13 bits per heavy atom. The number of nitrogens with one attached hydrogen (secondary N) is 1. The third-order valence-corrected chi connectivity index (χ3v) is 2.72. The predicted molar refractivity (Wildman–Crippen MR) is 56.3 cm³/mol. The number of carbonyl (C=O) groups excluding carboxylic acids is 1. The minimum Gasteiger partial charge on any atom is -0.344 e. The normalized spacial score (nSPS) is 21.3. The zero-order chi connectivity index (χ0) is 10.7. The van der Waals surface area contributed by atoms with Crippen molar-refractivity contribution in [3.63, 3.8) is 0 Å². The van der Waals surface area contributed by atoms with E-state index in [-0.39, 0.29) is 11.9 Å². The van der Waals surface area contributed by atoms with Crippen LogP contribution in [-0.4, -0.2) is 46.8 Å². The van der Waals surface area contributed by atoms with Crippen LogP contribution in [-0.2, 0) is 11.3 Å². The highest BCUT2D eigenvalue weighted by Gasteiger charge is 2.27. The monoisotopic (exact) mass is 208 g/mol. The van der Waals surface area contributed by atoms with Gasteiger partial charge >= 0.3 is 0 Å². The van der Waals surface area contributed by atoms with Crippen LogP contribution in [0.2, 0.25) is 0 Å². The van der Waals surface area contributed by atoms with Crippen molar-refractivity contribution >= 4 is 5.91 Å². The van der Waals surface area contributed by atoms with Crippen molar-refractivity contribution in [2.75, 3.05) is 20.1 Å². The summed E-state index contributed by atoms with van der Waals surface area (Å²) >= 11 is 0. The molecule has 1 aromatic heterocycles. The summed E-state index contributed by atoms with van der Waals surface area (Å²) in [6.45, 7) is 2.45. The van der Waals surface area contributed by atoms with Crippen molar-refractivity contribution in [2.45, 2.75) is 19.0 Å². The Morgan fingerprint density at radius 2 is 2.53 bits per heavy atom. The van der Waals surface area contributed by atoms with Gasteiger partial charge in [-0.25, -0.2) is 0 Å². The Morgan fingerprint density at radius 1 is 1.67 bits per heavy atom. The molecule has 5 heteroatoms. The summed E-state index contributed by atoms with van der Waals surface area (Å²) in [6, 6.07) is 1.90. The first kappa shape index (κ1) is 10.2. The molecule has 2 heterocycles. The van der Waals surface area contributed by atoms with Gasteiger partial charge in [0.2, 0.25) is 5.91 Å². The summed E-state index contributed by atoms with van der Waals surface area (Å²) in [7, 11) is 1.84. The first-order valence-corrected chi connectivity index (χ1v) is 5.23. The third-order valence-electron chi connectivity index (χ3n) is 2.72. The molecule has 2 rings (SSSR count). The van der Waals surface area contributed by atoms with Gasteiger partial charge in [0.15, 0.2) is 0 Å². The first-order valence-electron chi connectivity index (χ1n) is 5.23. The predicted octanol–water partition coefficient (Wildman–Crippen LogP) is -0.297. The lowest BCUT2D eigenvalue weighted by Gasteiger charge is -2.11. The molecule has 0 bridgehead atoms. The van der Waals surface area contributed by atoms with Crippen molar-refractivity contribution in [1.82, 2.24) is 20.0 Å². The summed E-state index contributed by atoms with van der Waals surface area (Å²) < 4.78 is 1.86. The Bertz CT molecular complexity index is 322. The second-order valence-electron chi connectivity index (χ2n) is 3.82. The lowest BCUT2D eigenvalue weighted by Crippen LogP contribution is -2.38. The van der Waals surface area contributed by atoms with E-state index < -0.39 is 0 Å². The summed E-state index contributed by atoms with van der Waals surface area (Å²) in [5, 5.41) is 7.34. The van der Waals surface area contributed by atoms with E-state index in [1.54, 1.807) is 11.1 Å². The van der Waals surface area contributed by atoms with Crippen LogP contribution in [0, 0.1) is 0 Å². The molecule has 1 aliphatic rings. The van der Waals surface area contributed by atoms with Gasteiger partial charge in [-0.15, -0.1) is 0 Å². The van der Waals surface area contributed by atoms with Gasteiger partial charge < -0.3 is 10.2 Å². The number of nitrogens with zero attached hydrogens (tertiary/aromatic N) is 3. The van der Waals surface area contributed by atoms with Crippen LogP contribution in [0.3, 0.4) is 0 Å². The van der Waals surface area contributed by atoms with Crippen LogP contribution >= 0.6 is 0 Å². The average molecular weight is 208 g/mol. The number of likely N-dealkylation sites (N-methyl/N-ethyl adjacent to an activating group) is 1. The maximum atomic E-state index is 11.5. The summed E-state index contributed by atoms with van der Waals surface area (Å²) in [5.74, 6) is 0.204. The minimum atomic E-state index is 0.00515. The molecule has 1 saturated heterocycles. The quantitative estimate of drug-likeness (QED) is 0.739. The van der Waals surface area contributed by atoms with Gasteiger partial charge in [0.1, 0.15) is 0 Å². The number of rotatable bonds is 4. The smallest absolute Gasteiger partial charge is 0.239 e. The molecular formula is C10H16N4O. The van der Waals surface area contributed by atoms with Crippen molar-refractivity contribution in [1.29, 1.82) is 0 Å². The molecule has 15 heavy (non-hydrogen) atoms. The molecule has 1 aliphatic heterocycles. The Balaban J connectivity index is 1.73. The lowest BCUT2D eigenvalue weighted by atomic mass is 10.2. The molecule has 1 N–H and O–H groups in total. The van der Waals surface area contributed by atoms with Gasteiger partial charge in [-0.1, -0.05) is 0 Å². The van der Waals surface area contributed by atoms with Crippen molar-refractivity contribution in [3.8, 4) is 0 Å². The molecule has 82 valence electrons. The van der Waals surface area contributed by atoms with Crippen LogP contribution in [0.1, 0.15) is 6.42 Å². The number of hydrogen-bond acceptors (Lipinski definition) is 3. The zero-order valence-corrected chi connectivity index (χ0v) is 8.89. The Kier molecular flexibility index (Phi) is 3.01. The molecule has 0 saturated carbocycles. The molecule has 0 spiro atoms. The summed E-state index contributed by atoms with van der Waals surface area (Å²) in [6.07, 6.45) is 4.59. The van der Waals surface area contributed by atoms with Crippen LogP contribution in [0.15, 0.2) is 18.5 Å². The fourth-order valence-corrected chi connectivity index (χ4v) is 1.80. The molecule has 1 amide bonds. The SMILES string of the molecule is CN1CCC(NCCn2cccn2)C1=O. The van der Waals surface area contributed by atoms with E-state index in [1.807, 2.05) is 24.0 Å². The fraction of sp³-hybridized carbons (Fsp3) is 0.600. The molecule has 1 aromatic rings. The lowest BCUT2D eigenvalue weighted by molar-refractivity contribution is -0.128. The van der Waals surface area contributed by atoms with Crippen molar-refractivity contribution < 1.29 is 4.79 Å². The topological polar surface area (TPSA) is 50.2 Å². The molecule has 5 nitrogen and oxygen atoms in total. The maximum Gasteiger partial charge on any atom is 0.239 e. The number of aromatic nitrogens is 2. The van der Waals surface area contributed by atoms with Gasteiger partial charge in [-0.3, -0.25) is 9.48 Å². The van der Waals surface area contributed by atoms with Gasteiger partial charge in [0.05, 0.1) is 12.6 Å².